The van der Waals surface area contributed by atoms with Crippen molar-refractivity contribution in [3.05, 3.63) is 0 Å². The highest BCUT2D eigenvalue weighted by Gasteiger charge is 2.05. The van der Waals surface area contributed by atoms with Gasteiger partial charge in [0, 0.05) is 21.1 Å². The smallest absolute Gasteiger partial charge is 0.229 e. The molecule has 13 nitrogen and oxygen atoms in total. The van der Waals surface area contributed by atoms with Crippen molar-refractivity contribution in [1.29, 1.82) is 0 Å². The molecule has 5 amide bonds. The summed E-state index contributed by atoms with van der Waals surface area (Å²) in [7, 11) is 4.77. The lowest BCUT2D eigenvalue weighted by molar-refractivity contribution is -0.133. The molecular weight excluding hydrogens is 414 g/mol. The largest absolute Gasteiger partial charge is 0.369 e. The number of ketones is 3. The second kappa shape index (κ2) is 21.1. The highest BCUT2D eigenvalue weighted by atomic mass is 16.2. The van der Waals surface area contributed by atoms with Gasteiger partial charge in [-0.05, 0) is 20.8 Å². The van der Waals surface area contributed by atoms with Gasteiger partial charge in [-0.3, -0.25) is 38.4 Å². The van der Waals surface area contributed by atoms with E-state index in [9.17, 15) is 38.4 Å². The molecule has 0 aliphatic carbocycles. The van der Waals surface area contributed by atoms with E-state index in [4.69, 9.17) is 0 Å². The predicted octanol–water partition coefficient (Wildman–Crippen LogP) is -2.44. The molecule has 0 aromatic rings. The van der Waals surface area contributed by atoms with Gasteiger partial charge in [0.05, 0.1) is 19.3 Å². The van der Waals surface area contributed by atoms with Crippen molar-refractivity contribution in [1.82, 2.24) is 10.2 Å². The maximum atomic E-state index is 10.7. The van der Waals surface area contributed by atoms with Gasteiger partial charge in [-0.1, -0.05) is 0 Å². The maximum absolute atomic E-state index is 10.7. The summed E-state index contributed by atoms with van der Waals surface area (Å²) in [6.07, 6.45) is -0.483. The Hall–Kier alpha value is -3.64. The summed E-state index contributed by atoms with van der Waals surface area (Å²) in [4.78, 5) is 82.0. The third kappa shape index (κ3) is 46.4. The van der Waals surface area contributed by atoms with E-state index in [-0.39, 0.29) is 54.8 Å². The number of carbonyl (C=O) groups is 8. The summed E-state index contributed by atoms with van der Waals surface area (Å²) in [6, 6.07) is 0. The summed E-state index contributed by atoms with van der Waals surface area (Å²) in [5, 5.41) is 2.34. The molecule has 0 rings (SSSR count). The molecule has 0 heterocycles. The number of primary amides is 3. The number of hydrogen-bond acceptors (Lipinski definition) is 8. The standard InChI is InChI=1S/C6H11NO2.C5H9NO2.C4H7NO2.C3H6N2O2/c1-5(8)4-6(9)7(2)3;1-4(7)3-5(8)6-2;1-3(6)2-4(5)7;4-2(6)1-3(5)7/h4H2,1-3H3;3H2,1-2H3,(H,6,8);2H2,1H3,(H2,5,7);1H2,(H2,4,6)(H2,5,7). The molecule has 7 N–H and O–H groups in total. The Labute approximate surface area is 181 Å². The number of Topliss-reactive ketones (excluding diaryl/α,β-unsaturated/α-hetero) is 3. The monoisotopic (exact) mass is 447 g/mol. The van der Waals surface area contributed by atoms with Crippen molar-refractivity contribution in [3.63, 3.8) is 0 Å². The van der Waals surface area contributed by atoms with Crippen molar-refractivity contribution in [2.24, 2.45) is 17.2 Å². The molecule has 0 bridgehead atoms. The molecule has 31 heavy (non-hydrogen) atoms. The van der Waals surface area contributed by atoms with Crippen LogP contribution in [0.2, 0.25) is 0 Å². The van der Waals surface area contributed by atoms with Gasteiger partial charge in [-0.2, -0.15) is 0 Å². The summed E-state index contributed by atoms with van der Waals surface area (Å²) in [5.41, 5.74) is 13.7. The van der Waals surface area contributed by atoms with Crippen LogP contribution < -0.4 is 22.5 Å². The first kappa shape index (κ1) is 34.8. The van der Waals surface area contributed by atoms with E-state index < -0.39 is 17.7 Å². The number of rotatable bonds is 8. The lowest BCUT2D eigenvalue weighted by Crippen LogP contribution is -2.23. The Balaban J connectivity index is -0.000000158. The zero-order valence-electron chi connectivity index (χ0n) is 18.8. The van der Waals surface area contributed by atoms with Crippen LogP contribution in [0.15, 0.2) is 0 Å². The van der Waals surface area contributed by atoms with Gasteiger partial charge in [-0.15, -0.1) is 0 Å². The Bertz CT molecular complexity index is 609. The molecule has 0 aliphatic heterocycles. The van der Waals surface area contributed by atoms with E-state index >= 15 is 0 Å². The van der Waals surface area contributed by atoms with Crippen LogP contribution >= 0.6 is 0 Å². The Morgan fingerprint density at radius 3 is 1.00 bits per heavy atom. The van der Waals surface area contributed by atoms with Crippen molar-refractivity contribution in [2.45, 2.75) is 46.5 Å². The van der Waals surface area contributed by atoms with E-state index in [1.807, 2.05) is 0 Å². The zero-order valence-corrected chi connectivity index (χ0v) is 18.8. The fourth-order valence-electron chi connectivity index (χ4n) is 1.10. The van der Waals surface area contributed by atoms with Crippen molar-refractivity contribution in [3.8, 4) is 0 Å². The average Bonchev–Trinajstić information content (AvgIpc) is 2.52. The number of hydrogen-bond donors (Lipinski definition) is 4. The van der Waals surface area contributed by atoms with Gasteiger partial charge < -0.3 is 27.4 Å². The second-order valence-corrected chi connectivity index (χ2v) is 6.17. The molecule has 0 unspecified atom stereocenters. The van der Waals surface area contributed by atoms with Crippen LogP contribution in [0, 0.1) is 0 Å². The minimum atomic E-state index is -0.687. The van der Waals surface area contributed by atoms with E-state index in [1.54, 1.807) is 14.1 Å². The van der Waals surface area contributed by atoms with E-state index in [1.165, 1.54) is 32.7 Å². The van der Waals surface area contributed by atoms with Crippen LogP contribution in [0.3, 0.4) is 0 Å². The highest BCUT2D eigenvalue weighted by Crippen LogP contribution is 1.86. The molecule has 0 atom stereocenters. The second-order valence-electron chi connectivity index (χ2n) is 6.17. The maximum Gasteiger partial charge on any atom is 0.229 e. The average molecular weight is 447 g/mol. The van der Waals surface area contributed by atoms with E-state index in [0.29, 0.717) is 0 Å². The van der Waals surface area contributed by atoms with Gasteiger partial charge >= 0.3 is 0 Å². The molecule has 0 spiro atoms. The highest BCUT2D eigenvalue weighted by molar-refractivity contribution is 5.97. The lowest BCUT2D eigenvalue weighted by atomic mass is 10.3. The van der Waals surface area contributed by atoms with Gasteiger partial charge in [0.1, 0.15) is 23.8 Å². The first-order valence-electron chi connectivity index (χ1n) is 8.70. The van der Waals surface area contributed by atoms with Gasteiger partial charge in [0.25, 0.3) is 0 Å². The molecule has 0 fully saturated rings. The van der Waals surface area contributed by atoms with Crippen molar-refractivity contribution < 1.29 is 38.4 Å². The van der Waals surface area contributed by atoms with Gasteiger partial charge in [0.15, 0.2) is 0 Å². The van der Waals surface area contributed by atoms with E-state index in [2.05, 4.69) is 22.5 Å². The SMILES string of the molecule is CC(=O)CC(=O)N(C)C.CC(=O)CC(N)=O.CNC(=O)CC(C)=O.NC(=O)CC(N)=O. The van der Waals surface area contributed by atoms with Gasteiger partial charge in [-0.25, -0.2) is 0 Å². The van der Waals surface area contributed by atoms with Gasteiger partial charge in [0.2, 0.25) is 29.5 Å². The molecule has 0 saturated carbocycles. The van der Waals surface area contributed by atoms with Crippen LogP contribution in [0.5, 0.6) is 0 Å². The molecule has 0 aromatic carbocycles. The minimum absolute atomic E-state index is 0.00347. The number of nitrogens with one attached hydrogen (secondary N) is 1. The van der Waals surface area contributed by atoms with Crippen LogP contribution in [-0.2, 0) is 38.4 Å². The molecule has 0 aromatic heterocycles. The van der Waals surface area contributed by atoms with Crippen LogP contribution in [-0.4, -0.2) is 72.9 Å². The Morgan fingerprint density at radius 1 is 0.613 bits per heavy atom. The van der Waals surface area contributed by atoms with Crippen LogP contribution in [0.25, 0.3) is 0 Å². The van der Waals surface area contributed by atoms with Crippen LogP contribution in [0.4, 0.5) is 0 Å². The predicted molar refractivity (Wildman–Crippen MR) is 111 cm³/mol. The fraction of sp³-hybridized carbons (Fsp3) is 0.556. The number of carbonyl (C=O) groups excluding carboxylic acids is 8. The number of nitrogens with two attached hydrogens (primary N) is 3. The molecule has 0 aliphatic rings. The normalized spacial score (nSPS) is 8.32. The topological polar surface area (TPSA) is 230 Å². The molecule has 178 valence electrons. The first-order chi connectivity index (χ1) is 14.0. The zero-order chi connectivity index (χ0) is 25.7. The molecule has 13 heteroatoms. The van der Waals surface area contributed by atoms with Crippen molar-refractivity contribution in [2.75, 3.05) is 21.1 Å². The van der Waals surface area contributed by atoms with Crippen LogP contribution in [0.1, 0.15) is 46.5 Å². The molecule has 0 radical (unpaired) electrons. The van der Waals surface area contributed by atoms with Crippen molar-refractivity contribution >= 4 is 46.9 Å². The minimum Gasteiger partial charge on any atom is -0.369 e. The first-order valence-corrected chi connectivity index (χ1v) is 8.70. The fourth-order valence-corrected chi connectivity index (χ4v) is 1.10. The third-order valence-electron chi connectivity index (χ3n) is 2.36. The summed E-state index contributed by atoms with van der Waals surface area (Å²) >= 11 is 0. The quantitative estimate of drug-likeness (QED) is 0.291. The number of amides is 5. The lowest BCUT2D eigenvalue weighted by Gasteiger charge is -2.06. The Morgan fingerprint density at radius 2 is 0.935 bits per heavy atom. The summed E-state index contributed by atoms with van der Waals surface area (Å²) in [5.74, 6) is -2.68. The molecular formula is C18H33N5O8. The molecule has 0 saturated heterocycles. The van der Waals surface area contributed by atoms with E-state index in [0.717, 1.165) is 0 Å². The summed E-state index contributed by atoms with van der Waals surface area (Å²) < 4.78 is 0. The third-order valence-corrected chi connectivity index (χ3v) is 2.36. The summed E-state index contributed by atoms with van der Waals surface area (Å²) in [6.45, 7) is 4.11. The Kier molecular flexibility index (Phi) is 23.7. The number of nitrogens with zero attached hydrogens (tertiary/aromatic N) is 1.